The van der Waals surface area contributed by atoms with Crippen LogP contribution in [0.3, 0.4) is 0 Å². The van der Waals surface area contributed by atoms with Crippen LogP contribution in [0.1, 0.15) is 20.3 Å². The Morgan fingerprint density at radius 2 is 2.26 bits per heavy atom. The van der Waals surface area contributed by atoms with Gasteiger partial charge in [0.2, 0.25) is 0 Å². The van der Waals surface area contributed by atoms with E-state index in [4.69, 9.17) is 0 Å². The van der Waals surface area contributed by atoms with Gasteiger partial charge < -0.3 is 15.3 Å². The second kappa shape index (κ2) is 5.51. The molecule has 0 radical (unpaired) electrons. The Labute approximate surface area is 121 Å². The van der Waals surface area contributed by atoms with E-state index < -0.39 is 5.60 Å². The van der Waals surface area contributed by atoms with Crippen molar-refractivity contribution in [2.45, 2.75) is 31.9 Å². The van der Waals surface area contributed by atoms with Crippen molar-refractivity contribution in [3.8, 4) is 0 Å². The Morgan fingerprint density at radius 1 is 1.53 bits per heavy atom. The summed E-state index contributed by atoms with van der Waals surface area (Å²) >= 11 is 3.44. The summed E-state index contributed by atoms with van der Waals surface area (Å²) in [4.78, 5) is 13.7. The lowest BCUT2D eigenvalue weighted by atomic mass is 10.1. The van der Waals surface area contributed by atoms with Crippen LogP contribution < -0.4 is 5.32 Å². The molecular weight excluding hydrogens is 308 g/mol. The topological polar surface area (TPSA) is 52.6 Å². The van der Waals surface area contributed by atoms with Gasteiger partial charge >= 0.3 is 0 Å². The van der Waals surface area contributed by atoms with Gasteiger partial charge in [0.15, 0.2) is 0 Å². The van der Waals surface area contributed by atoms with E-state index in [-0.39, 0.29) is 11.9 Å². The summed E-state index contributed by atoms with van der Waals surface area (Å²) in [6, 6.07) is 8.21. The minimum Gasteiger partial charge on any atom is -0.381 e. The predicted octanol–water partition coefficient (Wildman–Crippen LogP) is 2.23. The third kappa shape index (κ3) is 3.70. The smallest absolute Gasteiger partial charge is 0.254 e. The van der Waals surface area contributed by atoms with E-state index in [9.17, 15) is 9.90 Å². The second-order valence-electron chi connectivity index (χ2n) is 5.45. The molecule has 0 saturated carbocycles. The Kier molecular flexibility index (Phi) is 4.16. The maximum atomic E-state index is 12.0. The molecule has 104 valence electrons. The molecule has 5 heteroatoms. The Morgan fingerprint density at radius 3 is 2.89 bits per heavy atom. The zero-order chi connectivity index (χ0) is 14.0. The van der Waals surface area contributed by atoms with E-state index in [0.717, 1.165) is 16.6 Å². The van der Waals surface area contributed by atoms with Crippen LogP contribution in [0.15, 0.2) is 28.7 Å². The number of halogens is 1. The number of hydrogen-bond donors (Lipinski definition) is 2. The van der Waals surface area contributed by atoms with E-state index >= 15 is 0 Å². The average Bonchev–Trinajstić information content (AvgIpc) is 2.75. The first-order valence-electron chi connectivity index (χ1n) is 6.40. The van der Waals surface area contributed by atoms with Crippen molar-refractivity contribution in [2.24, 2.45) is 0 Å². The SMILES string of the molecule is CC(C)(O)C(=O)N1CCC(Nc2cccc(Br)c2)C1. The van der Waals surface area contributed by atoms with E-state index in [1.807, 2.05) is 24.3 Å². The van der Waals surface area contributed by atoms with Gasteiger partial charge in [-0.25, -0.2) is 0 Å². The highest BCUT2D eigenvalue weighted by atomic mass is 79.9. The summed E-state index contributed by atoms with van der Waals surface area (Å²) in [5.41, 5.74) is -0.248. The number of nitrogens with one attached hydrogen (secondary N) is 1. The monoisotopic (exact) mass is 326 g/mol. The minimum atomic E-state index is -1.29. The Balaban J connectivity index is 1.94. The first kappa shape index (κ1) is 14.3. The van der Waals surface area contributed by atoms with Gasteiger partial charge in [0.25, 0.3) is 5.91 Å². The summed E-state index contributed by atoms with van der Waals surface area (Å²) in [6.45, 7) is 4.39. The molecule has 4 nitrogen and oxygen atoms in total. The number of carbonyl (C=O) groups is 1. The van der Waals surface area contributed by atoms with Crippen LogP contribution in [0.4, 0.5) is 5.69 Å². The Bertz CT molecular complexity index is 471. The Hall–Kier alpha value is -1.07. The number of rotatable bonds is 3. The molecular formula is C14H19BrN2O2. The third-order valence-corrected chi connectivity index (χ3v) is 3.69. The van der Waals surface area contributed by atoms with E-state index in [1.54, 1.807) is 4.90 Å². The number of aliphatic hydroxyl groups is 1. The number of amides is 1. The van der Waals surface area contributed by atoms with Crippen molar-refractivity contribution >= 4 is 27.5 Å². The number of anilines is 1. The van der Waals surface area contributed by atoms with Crippen molar-refractivity contribution in [1.82, 2.24) is 4.90 Å². The van der Waals surface area contributed by atoms with Crippen LogP contribution in [0, 0.1) is 0 Å². The molecule has 1 aromatic rings. The molecule has 1 atom stereocenters. The van der Waals surface area contributed by atoms with E-state index in [2.05, 4.69) is 21.2 Å². The number of nitrogens with zero attached hydrogens (tertiary/aromatic N) is 1. The van der Waals surface area contributed by atoms with Crippen molar-refractivity contribution in [1.29, 1.82) is 0 Å². The highest BCUT2D eigenvalue weighted by Crippen LogP contribution is 2.21. The molecule has 0 aliphatic carbocycles. The van der Waals surface area contributed by atoms with Crippen molar-refractivity contribution in [2.75, 3.05) is 18.4 Å². The first-order chi connectivity index (χ1) is 8.86. The zero-order valence-corrected chi connectivity index (χ0v) is 12.8. The van der Waals surface area contributed by atoms with Gasteiger partial charge in [0, 0.05) is 29.3 Å². The van der Waals surface area contributed by atoms with Gasteiger partial charge in [-0.3, -0.25) is 4.79 Å². The lowest BCUT2D eigenvalue weighted by molar-refractivity contribution is -0.146. The van der Waals surface area contributed by atoms with Gasteiger partial charge in [0.05, 0.1) is 0 Å². The molecule has 1 fully saturated rings. The van der Waals surface area contributed by atoms with Crippen LogP contribution >= 0.6 is 15.9 Å². The second-order valence-corrected chi connectivity index (χ2v) is 6.37. The summed E-state index contributed by atoms with van der Waals surface area (Å²) < 4.78 is 1.03. The van der Waals surface area contributed by atoms with Crippen LogP contribution in [0.5, 0.6) is 0 Å². The fraction of sp³-hybridized carbons (Fsp3) is 0.500. The average molecular weight is 327 g/mol. The molecule has 1 aliphatic heterocycles. The van der Waals surface area contributed by atoms with Gasteiger partial charge in [-0.05, 0) is 38.5 Å². The summed E-state index contributed by atoms with van der Waals surface area (Å²) in [7, 11) is 0. The van der Waals surface area contributed by atoms with Gasteiger partial charge in [-0.2, -0.15) is 0 Å². The predicted molar refractivity (Wildman–Crippen MR) is 79.0 cm³/mol. The number of benzene rings is 1. The fourth-order valence-corrected chi connectivity index (χ4v) is 2.66. The quantitative estimate of drug-likeness (QED) is 0.895. The fourth-order valence-electron chi connectivity index (χ4n) is 2.26. The molecule has 2 rings (SSSR count). The van der Waals surface area contributed by atoms with Gasteiger partial charge in [0.1, 0.15) is 5.60 Å². The summed E-state index contributed by atoms with van der Waals surface area (Å²) in [5, 5.41) is 13.2. The first-order valence-corrected chi connectivity index (χ1v) is 7.19. The van der Waals surface area contributed by atoms with Crippen molar-refractivity contribution < 1.29 is 9.90 Å². The molecule has 1 aromatic carbocycles. The molecule has 1 saturated heterocycles. The molecule has 0 spiro atoms. The molecule has 19 heavy (non-hydrogen) atoms. The highest BCUT2D eigenvalue weighted by Gasteiger charge is 2.34. The molecule has 1 unspecified atom stereocenters. The van der Waals surface area contributed by atoms with Gasteiger partial charge in [-0.1, -0.05) is 22.0 Å². The number of hydrogen-bond acceptors (Lipinski definition) is 3. The maximum absolute atomic E-state index is 12.0. The zero-order valence-electron chi connectivity index (χ0n) is 11.2. The van der Waals surface area contributed by atoms with Gasteiger partial charge in [-0.15, -0.1) is 0 Å². The highest BCUT2D eigenvalue weighted by molar-refractivity contribution is 9.10. The van der Waals surface area contributed by atoms with Crippen LogP contribution in [-0.2, 0) is 4.79 Å². The van der Waals surface area contributed by atoms with E-state index in [0.29, 0.717) is 13.1 Å². The van der Waals surface area contributed by atoms with Crippen LogP contribution in [0.25, 0.3) is 0 Å². The van der Waals surface area contributed by atoms with Crippen LogP contribution in [0.2, 0.25) is 0 Å². The molecule has 0 aromatic heterocycles. The minimum absolute atomic E-state index is 0.203. The molecule has 0 bridgehead atoms. The largest absolute Gasteiger partial charge is 0.381 e. The standard InChI is InChI=1S/C14H19BrN2O2/c1-14(2,19)13(18)17-7-6-12(9-17)16-11-5-3-4-10(15)8-11/h3-5,8,12,16,19H,6-7,9H2,1-2H3. The lowest BCUT2D eigenvalue weighted by Gasteiger charge is -2.24. The molecule has 1 aliphatic rings. The number of likely N-dealkylation sites (tertiary alicyclic amines) is 1. The lowest BCUT2D eigenvalue weighted by Crippen LogP contribution is -2.44. The van der Waals surface area contributed by atoms with Crippen molar-refractivity contribution in [3.05, 3.63) is 28.7 Å². The maximum Gasteiger partial charge on any atom is 0.254 e. The molecule has 2 N–H and O–H groups in total. The summed E-state index contributed by atoms with van der Waals surface area (Å²) in [6.07, 6.45) is 0.897. The number of carbonyl (C=O) groups excluding carboxylic acids is 1. The molecule has 1 heterocycles. The van der Waals surface area contributed by atoms with Crippen molar-refractivity contribution in [3.63, 3.8) is 0 Å². The van der Waals surface area contributed by atoms with E-state index in [1.165, 1.54) is 13.8 Å². The van der Waals surface area contributed by atoms with Crippen LogP contribution in [-0.4, -0.2) is 40.6 Å². The normalized spacial score (nSPS) is 19.6. The summed E-state index contributed by atoms with van der Waals surface area (Å²) in [5.74, 6) is -0.203. The third-order valence-electron chi connectivity index (χ3n) is 3.19. The molecule has 1 amide bonds.